The number of imidazole rings is 1. The average Bonchev–Trinajstić information content (AvgIpc) is 3.28. The molecule has 0 saturated carbocycles. The summed E-state index contributed by atoms with van der Waals surface area (Å²) in [5, 5.41) is 7.04. The van der Waals surface area contributed by atoms with Crippen LogP contribution in [0.1, 0.15) is 21.6 Å². The molecule has 0 saturated heterocycles. The van der Waals surface area contributed by atoms with Crippen LogP contribution >= 0.6 is 0 Å². The van der Waals surface area contributed by atoms with Crippen molar-refractivity contribution in [2.75, 3.05) is 6.54 Å². The third-order valence-corrected chi connectivity index (χ3v) is 4.50. The molecule has 27 heavy (non-hydrogen) atoms. The lowest BCUT2D eigenvalue weighted by Gasteiger charge is -2.06. The van der Waals surface area contributed by atoms with Crippen molar-refractivity contribution in [1.29, 1.82) is 0 Å². The van der Waals surface area contributed by atoms with Gasteiger partial charge in [0, 0.05) is 38.1 Å². The molecule has 136 valence electrons. The number of carbonyl (C=O) groups is 1. The van der Waals surface area contributed by atoms with Crippen LogP contribution in [0.5, 0.6) is 0 Å². The Morgan fingerprint density at radius 2 is 2.00 bits per heavy atom. The number of rotatable bonds is 6. The largest absolute Gasteiger partial charge is 0.352 e. The zero-order valence-corrected chi connectivity index (χ0v) is 15.0. The Morgan fingerprint density at radius 3 is 2.78 bits per heavy atom. The highest BCUT2D eigenvalue weighted by molar-refractivity contribution is 5.96. The van der Waals surface area contributed by atoms with Crippen LogP contribution in [-0.4, -0.2) is 36.8 Å². The zero-order chi connectivity index (χ0) is 18.6. The number of carbonyl (C=O) groups excluding carboxylic acids is 1. The van der Waals surface area contributed by atoms with Crippen LogP contribution in [0.4, 0.5) is 0 Å². The number of amides is 1. The molecule has 3 heterocycles. The molecule has 0 aliphatic rings. The molecule has 1 amide bonds. The van der Waals surface area contributed by atoms with Crippen LogP contribution in [0.3, 0.4) is 0 Å². The van der Waals surface area contributed by atoms with Crippen molar-refractivity contribution in [3.05, 3.63) is 78.0 Å². The predicted molar refractivity (Wildman–Crippen MR) is 102 cm³/mol. The van der Waals surface area contributed by atoms with E-state index in [4.69, 9.17) is 0 Å². The molecule has 0 unspecified atom stereocenters. The second-order valence-electron chi connectivity index (χ2n) is 6.38. The number of aromatic nitrogens is 5. The van der Waals surface area contributed by atoms with Crippen molar-refractivity contribution in [2.24, 2.45) is 7.05 Å². The molecule has 3 aromatic heterocycles. The molecular formula is C20H20N6O. The molecule has 7 nitrogen and oxygen atoms in total. The third-order valence-electron chi connectivity index (χ3n) is 4.50. The molecule has 0 aliphatic carbocycles. The molecule has 1 aromatic carbocycles. The number of hydrogen-bond acceptors (Lipinski definition) is 4. The van der Waals surface area contributed by atoms with Crippen molar-refractivity contribution >= 4 is 17.1 Å². The van der Waals surface area contributed by atoms with Gasteiger partial charge < -0.3 is 9.88 Å². The van der Waals surface area contributed by atoms with Gasteiger partial charge in [-0.25, -0.2) is 9.97 Å². The highest BCUT2D eigenvalue weighted by Crippen LogP contribution is 2.14. The molecule has 0 fully saturated rings. The summed E-state index contributed by atoms with van der Waals surface area (Å²) >= 11 is 0. The van der Waals surface area contributed by atoms with E-state index in [9.17, 15) is 4.79 Å². The molecular weight excluding hydrogens is 340 g/mol. The Hall–Kier alpha value is -3.48. The van der Waals surface area contributed by atoms with Crippen LogP contribution in [0.25, 0.3) is 11.2 Å². The second kappa shape index (κ2) is 7.41. The lowest BCUT2D eigenvalue weighted by atomic mass is 10.2. The number of benzene rings is 1. The Kier molecular flexibility index (Phi) is 4.65. The van der Waals surface area contributed by atoms with Crippen molar-refractivity contribution < 1.29 is 4.79 Å². The summed E-state index contributed by atoms with van der Waals surface area (Å²) in [6, 6.07) is 13.9. The van der Waals surface area contributed by atoms with Crippen molar-refractivity contribution in [1.82, 2.24) is 29.6 Å². The first-order chi connectivity index (χ1) is 13.2. The molecule has 0 bridgehead atoms. The van der Waals surface area contributed by atoms with Gasteiger partial charge >= 0.3 is 0 Å². The van der Waals surface area contributed by atoms with Crippen LogP contribution in [0.15, 0.2) is 61.2 Å². The van der Waals surface area contributed by atoms with Gasteiger partial charge in [0.25, 0.3) is 5.91 Å². The SMILES string of the molecule is Cn1nccc1CCNC(=O)c1cnc2c(c1)ncn2Cc1ccccc1. The molecule has 7 heteroatoms. The van der Waals surface area contributed by atoms with Gasteiger partial charge in [-0.3, -0.25) is 9.48 Å². The fraction of sp³-hybridized carbons (Fsp3) is 0.200. The second-order valence-corrected chi connectivity index (χ2v) is 6.38. The minimum atomic E-state index is -0.149. The van der Waals surface area contributed by atoms with Gasteiger partial charge in [0.05, 0.1) is 18.4 Å². The summed E-state index contributed by atoms with van der Waals surface area (Å²) in [7, 11) is 1.89. The van der Waals surface area contributed by atoms with Gasteiger partial charge in [-0.2, -0.15) is 5.10 Å². The van der Waals surface area contributed by atoms with E-state index in [0.717, 1.165) is 17.8 Å². The molecule has 1 N–H and O–H groups in total. The van der Waals surface area contributed by atoms with E-state index < -0.39 is 0 Å². The van der Waals surface area contributed by atoms with E-state index >= 15 is 0 Å². The van der Waals surface area contributed by atoms with Crippen molar-refractivity contribution in [2.45, 2.75) is 13.0 Å². The van der Waals surface area contributed by atoms with Gasteiger partial charge in [0.1, 0.15) is 5.52 Å². The van der Waals surface area contributed by atoms with Crippen LogP contribution in [0.2, 0.25) is 0 Å². The van der Waals surface area contributed by atoms with Gasteiger partial charge in [0.2, 0.25) is 0 Å². The normalized spacial score (nSPS) is 11.0. The van der Waals surface area contributed by atoms with Crippen molar-refractivity contribution in [3.63, 3.8) is 0 Å². The molecule has 0 radical (unpaired) electrons. The molecule has 4 aromatic rings. The topological polar surface area (TPSA) is 77.6 Å². The lowest BCUT2D eigenvalue weighted by Crippen LogP contribution is -2.26. The van der Waals surface area contributed by atoms with E-state index in [2.05, 4.69) is 32.5 Å². The maximum atomic E-state index is 12.4. The Labute approximate surface area is 156 Å². The highest BCUT2D eigenvalue weighted by atomic mass is 16.1. The Balaban J connectivity index is 1.44. The van der Waals surface area contributed by atoms with E-state index in [1.165, 1.54) is 5.56 Å². The van der Waals surface area contributed by atoms with Crippen LogP contribution in [-0.2, 0) is 20.0 Å². The maximum absolute atomic E-state index is 12.4. The molecule has 0 atom stereocenters. The zero-order valence-electron chi connectivity index (χ0n) is 15.0. The Morgan fingerprint density at radius 1 is 1.15 bits per heavy atom. The standard InChI is InChI=1S/C20H20N6O/c1-25-17(8-10-24-25)7-9-21-20(27)16-11-18-19(22-12-16)26(14-23-18)13-15-5-3-2-4-6-15/h2-6,8,10-12,14H,7,9,13H2,1H3,(H,21,27). The minimum Gasteiger partial charge on any atom is -0.352 e. The van der Waals surface area contributed by atoms with Gasteiger partial charge in [0.15, 0.2) is 5.65 Å². The van der Waals surface area contributed by atoms with Gasteiger partial charge in [-0.15, -0.1) is 0 Å². The number of nitrogens with one attached hydrogen (secondary N) is 1. The number of hydrogen-bond donors (Lipinski definition) is 1. The summed E-state index contributed by atoms with van der Waals surface area (Å²) in [6.07, 6.45) is 5.84. The summed E-state index contributed by atoms with van der Waals surface area (Å²) in [6.45, 7) is 1.24. The predicted octanol–water partition coefficient (Wildman–Crippen LogP) is 2.19. The average molecular weight is 360 g/mol. The minimum absolute atomic E-state index is 0.149. The molecule has 0 aliphatic heterocycles. The first-order valence-electron chi connectivity index (χ1n) is 8.80. The summed E-state index contributed by atoms with van der Waals surface area (Å²) in [5.74, 6) is -0.149. The monoisotopic (exact) mass is 360 g/mol. The first kappa shape index (κ1) is 17.0. The maximum Gasteiger partial charge on any atom is 0.252 e. The fourth-order valence-corrected chi connectivity index (χ4v) is 3.02. The van der Waals surface area contributed by atoms with Crippen LogP contribution < -0.4 is 5.32 Å². The summed E-state index contributed by atoms with van der Waals surface area (Å²) < 4.78 is 3.79. The van der Waals surface area contributed by atoms with Gasteiger partial charge in [-0.1, -0.05) is 30.3 Å². The van der Waals surface area contributed by atoms with Crippen molar-refractivity contribution in [3.8, 4) is 0 Å². The van der Waals surface area contributed by atoms with Gasteiger partial charge in [-0.05, 0) is 17.7 Å². The lowest BCUT2D eigenvalue weighted by molar-refractivity contribution is 0.0953. The number of nitrogens with zero attached hydrogens (tertiary/aromatic N) is 5. The highest BCUT2D eigenvalue weighted by Gasteiger charge is 2.11. The first-order valence-corrected chi connectivity index (χ1v) is 8.80. The van der Waals surface area contributed by atoms with E-state index in [0.29, 0.717) is 24.2 Å². The van der Waals surface area contributed by atoms with E-state index in [1.54, 1.807) is 29.5 Å². The molecule has 0 spiro atoms. The summed E-state index contributed by atoms with van der Waals surface area (Å²) in [4.78, 5) is 21.2. The number of pyridine rings is 1. The van der Waals surface area contributed by atoms with E-state index in [-0.39, 0.29) is 5.91 Å². The third kappa shape index (κ3) is 3.72. The molecule has 4 rings (SSSR count). The quantitative estimate of drug-likeness (QED) is 0.572. The Bertz CT molecular complexity index is 1070. The smallest absolute Gasteiger partial charge is 0.252 e. The van der Waals surface area contributed by atoms with E-state index in [1.807, 2.05) is 35.9 Å². The fourth-order valence-electron chi connectivity index (χ4n) is 3.02. The number of fused-ring (bicyclic) bond motifs is 1. The number of aryl methyl sites for hydroxylation is 1. The summed E-state index contributed by atoms with van der Waals surface area (Å²) in [5.41, 5.74) is 4.24. The van der Waals surface area contributed by atoms with Crippen LogP contribution in [0, 0.1) is 0 Å².